The molecule has 3 aromatic heterocycles. The highest BCUT2D eigenvalue weighted by Crippen LogP contribution is 2.41. The quantitative estimate of drug-likeness (QED) is 0.129. The van der Waals surface area contributed by atoms with Gasteiger partial charge in [0, 0.05) is 37.4 Å². The number of nitrogens with zero attached hydrogens (tertiary/aromatic N) is 6. The van der Waals surface area contributed by atoms with Crippen LogP contribution >= 0.6 is 11.6 Å². The highest BCUT2D eigenvalue weighted by atomic mass is 35.5. The van der Waals surface area contributed by atoms with Crippen molar-refractivity contribution in [2.24, 2.45) is 0 Å². The molecule has 1 N–H and O–H groups in total. The van der Waals surface area contributed by atoms with Gasteiger partial charge < -0.3 is 28.8 Å². The van der Waals surface area contributed by atoms with Gasteiger partial charge in [0.1, 0.15) is 35.3 Å². The third-order valence-electron chi connectivity index (χ3n) is 10.3. The fraction of sp³-hybridized carbons (Fsp3) is 0.525. The Morgan fingerprint density at radius 2 is 1.68 bits per heavy atom. The van der Waals surface area contributed by atoms with Gasteiger partial charge in [0.05, 0.1) is 34.0 Å². The Labute approximate surface area is 332 Å². The normalized spacial score (nSPS) is 16.9. The van der Waals surface area contributed by atoms with Crippen molar-refractivity contribution in [1.29, 1.82) is 0 Å². The van der Waals surface area contributed by atoms with Crippen molar-refractivity contribution in [2.45, 2.75) is 111 Å². The molecule has 1 fully saturated rings. The molecule has 0 aliphatic carbocycles. The number of ether oxygens (including phenoxy) is 2. The van der Waals surface area contributed by atoms with E-state index in [9.17, 15) is 19.1 Å². The fourth-order valence-corrected chi connectivity index (χ4v) is 7.62. The second kappa shape index (κ2) is 15.9. The van der Waals surface area contributed by atoms with Crippen molar-refractivity contribution in [3.63, 3.8) is 0 Å². The Bertz CT molecular complexity index is 2190. The van der Waals surface area contributed by atoms with E-state index in [1.54, 1.807) is 37.9 Å². The number of phenols is 1. The predicted molar refractivity (Wildman–Crippen MR) is 217 cm³/mol. The summed E-state index contributed by atoms with van der Waals surface area (Å²) in [5.41, 5.74) is -1.61. The molecule has 16 heteroatoms. The van der Waals surface area contributed by atoms with Crippen molar-refractivity contribution in [1.82, 2.24) is 24.4 Å². The number of carbonyl (C=O) groups is 1. The molecule has 12 nitrogen and oxygen atoms in total. The first-order valence-corrected chi connectivity index (χ1v) is 22.0. The van der Waals surface area contributed by atoms with Crippen molar-refractivity contribution in [3.8, 4) is 28.4 Å². The lowest BCUT2D eigenvalue weighted by Crippen LogP contribution is -2.59. The number of fused-ring (bicyclic) bond motifs is 1. The van der Waals surface area contributed by atoms with Gasteiger partial charge in [-0.15, -0.1) is 0 Å². The number of hydrogen-bond donors (Lipinski definition) is 1. The molecule has 0 saturated carbocycles. The minimum absolute atomic E-state index is 0.0167. The van der Waals surface area contributed by atoms with Crippen LogP contribution in [0.5, 0.6) is 11.5 Å². The molecule has 4 heterocycles. The van der Waals surface area contributed by atoms with Gasteiger partial charge in [-0.2, -0.15) is 4.98 Å². The van der Waals surface area contributed by atoms with Crippen molar-refractivity contribution in [2.75, 3.05) is 31.2 Å². The molecule has 0 unspecified atom stereocenters. The maximum Gasteiger partial charge on any atom is 0.410 e. The van der Waals surface area contributed by atoms with Crippen molar-refractivity contribution >= 4 is 42.9 Å². The van der Waals surface area contributed by atoms with E-state index in [1.807, 2.05) is 32.6 Å². The monoisotopic (exact) mass is 814 g/mol. The summed E-state index contributed by atoms with van der Waals surface area (Å²) in [4.78, 5) is 45.3. The van der Waals surface area contributed by atoms with Gasteiger partial charge in [0.15, 0.2) is 25.5 Å². The number of hydrogen-bond acceptors (Lipinski definition) is 10. The van der Waals surface area contributed by atoms with Gasteiger partial charge >= 0.3 is 11.8 Å². The number of phenolic OH excluding ortho intramolecular Hbond substituents is 1. The van der Waals surface area contributed by atoms with Gasteiger partial charge in [-0.3, -0.25) is 4.98 Å². The van der Waals surface area contributed by atoms with Crippen LogP contribution in [0.25, 0.3) is 28.0 Å². The highest BCUT2D eigenvalue weighted by Gasteiger charge is 2.38. The molecular weight excluding hydrogens is 762 g/mol. The molecule has 304 valence electrons. The zero-order chi connectivity index (χ0) is 41.7. The van der Waals surface area contributed by atoms with Crippen LogP contribution in [0.3, 0.4) is 0 Å². The van der Waals surface area contributed by atoms with Crippen molar-refractivity contribution in [3.05, 3.63) is 63.3 Å². The molecule has 1 aromatic carbocycles. The lowest BCUT2D eigenvalue weighted by atomic mass is 10.1. The maximum absolute atomic E-state index is 15.4. The van der Waals surface area contributed by atoms with E-state index in [4.69, 9.17) is 30.5 Å². The number of aromatic hydroxyl groups is 1. The highest BCUT2D eigenvalue weighted by molar-refractivity contribution is 6.74. The van der Waals surface area contributed by atoms with E-state index in [0.29, 0.717) is 23.4 Å². The van der Waals surface area contributed by atoms with Crippen molar-refractivity contribution < 1.29 is 32.6 Å². The summed E-state index contributed by atoms with van der Waals surface area (Å²) in [5.74, 6) is -2.75. The number of pyridine rings is 2. The number of rotatable bonds is 9. The second-order valence-corrected chi connectivity index (χ2v) is 22.4. The van der Waals surface area contributed by atoms with E-state index in [1.165, 1.54) is 10.6 Å². The standard InChI is InChI=1S/C40H53ClF2N6O6Si/c1-22(2)31-33(29(15-16-44-31)53-17-18-54-56(11,12)40(8,9)10)49-36-25(19-26(41)32(45-36)30-27(42)13-14-28(43)34(30)50)35(46-37(49)51)47-20-24(4)48(21-23(47)3)38(52)55-39(5,6)7/h13-16,19,22-24,50H,17-18,20-21H2,1-12H3/t23-,24-/m0/s1. The second-order valence-electron chi connectivity index (χ2n) is 17.1. The average Bonchev–Trinajstić information content (AvgIpc) is 3.08. The Balaban J connectivity index is 1.73. The Hall–Kier alpha value is -4.34. The number of amides is 1. The average molecular weight is 815 g/mol. The molecule has 2 atom stereocenters. The molecule has 1 saturated heterocycles. The van der Waals surface area contributed by atoms with E-state index in [2.05, 4.69) is 43.8 Å². The molecule has 1 amide bonds. The zero-order valence-corrected chi connectivity index (χ0v) is 36.0. The molecule has 1 aliphatic heterocycles. The molecule has 0 bridgehead atoms. The molecule has 4 aromatic rings. The summed E-state index contributed by atoms with van der Waals surface area (Å²) in [6.45, 7) is 24.7. The SMILES string of the molecule is CC(C)c1nccc(OCCO[Si](C)(C)C(C)(C)C)c1-n1c(=O)nc(N2C[C@H](C)N(C(=O)OC(C)(C)C)C[C@@H]2C)c2cc(Cl)c(-c3c(F)ccc(F)c3O)nc21. The smallest absolute Gasteiger partial charge is 0.410 e. The first-order valence-electron chi connectivity index (χ1n) is 18.8. The van der Waals surface area contributed by atoms with E-state index in [-0.39, 0.29) is 70.6 Å². The lowest BCUT2D eigenvalue weighted by Gasteiger charge is -2.44. The van der Waals surface area contributed by atoms with Crippen LogP contribution in [0.4, 0.5) is 19.4 Å². The van der Waals surface area contributed by atoms with Gasteiger partial charge in [0.25, 0.3) is 0 Å². The zero-order valence-electron chi connectivity index (χ0n) is 34.3. The first-order chi connectivity index (χ1) is 25.9. The van der Waals surface area contributed by atoms with Crippen LogP contribution in [0, 0.1) is 11.6 Å². The fourth-order valence-electron chi connectivity index (χ4n) is 6.34. The third-order valence-corrected chi connectivity index (χ3v) is 15.1. The minimum atomic E-state index is -2.10. The van der Waals surface area contributed by atoms with E-state index >= 15 is 4.39 Å². The van der Waals surface area contributed by atoms with Crippen LogP contribution in [-0.2, 0) is 9.16 Å². The van der Waals surface area contributed by atoms with Gasteiger partial charge in [-0.05, 0) is 76.9 Å². The topological polar surface area (TPSA) is 132 Å². The summed E-state index contributed by atoms with van der Waals surface area (Å²) < 4.78 is 49.8. The summed E-state index contributed by atoms with van der Waals surface area (Å²) >= 11 is 6.83. The molecule has 0 radical (unpaired) electrons. The summed E-state index contributed by atoms with van der Waals surface area (Å²) in [7, 11) is -2.10. The van der Waals surface area contributed by atoms with Gasteiger partial charge in [0.2, 0.25) is 0 Å². The Kier molecular flexibility index (Phi) is 12.1. The van der Waals surface area contributed by atoms with Crippen LogP contribution < -0.4 is 15.3 Å². The number of piperazine rings is 1. The first kappa shape index (κ1) is 42.8. The van der Waals surface area contributed by atoms with Crippen LogP contribution in [0.15, 0.2) is 35.3 Å². The number of carbonyl (C=O) groups excluding carboxylic acids is 1. The number of halogens is 3. The Morgan fingerprint density at radius 1 is 1.02 bits per heavy atom. The van der Waals surface area contributed by atoms with Gasteiger partial charge in [-0.1, -0.05) is 46.2 Å². The number of aromatic nitrogens is 4. The minimum Gasteiger partial charge on any atom is -0.504 e. The van der Waals surface area contributed by atoms with Crippen LogP contribution in [0.2, 0.25) is 23.2 Å². The summed E-state index contributed by atoms with van der Waals surface area (Å²) in [6.07, 6.45) is 1.12. The lowest BCUT2D eigenvalue weighted by molar-refractivity contribution is 0.0130. The van der Waals surface area contributed by atoms with E-state index < -0.39 is 48.6 Å². The third kappa shape index (κ3) is 8.64. The maximum atomic E-state index is 15.4. The Morgan fingerprint density at radius 3 is 2.30 bits per heavy atom. The summed E-state index contributed by atoms with van der Waals surface area (Å²) in [6, 6.07) is 4.04. The molecule has 0 spiro atoms. The summed E-state index contributed by atoms with van der Waals surface area (Å²) in [5, 5.41) is 10.9. The predicted octanol–water partition coefficient (Wildman–Crippen LogP) is 8.84. The molecular formula is C40H53ClF2N6O6Si. The van der Waals surface area contributed by atoms with Crippen LogP contribution in [0.1, 0.15) is 80.8 Å². The number of benzene rings is 1. The molecule has 1 aliphatic rings. The molecule has 5 rings (SSSR count). The number of anilines is 1. The van der Waals surface area contributed by atoms with Gasteiger partial charge in [-0.25, -0.2) is 27.9 Å². The largest absolute Gasteiger partial charge is 0.504 e. The van der Waals surface area contributed by atoms with Crippen LogP contribution in [-0.4, -0.2) is 87.9 Å². The molecule has 56 heavy (non-hydrogen) atoms. The van der Waals surface area contributed by atoms with E-state index in [0.717, 1.165) is 12.1 Å².